The van der Waals surface area contributed by atoms with Crippen LogP contribution in [0.1, 0.15) is 28.7 Å². The van der Waals surface area contributed by atoms with Gasteiger partial charge in [-0.25, -0.2) is 14.0 Å². The summed E-state index contributed by atoms with van der Waals surface area (Å²) in [6, 6.07) is 3.22. The fraction of sp³-hybridized carbons (Fsp3) is 0.391. The average Bonchev–Trinajstić information content (AvgIpc) is 3.08. The van der Waals surface area contributed by atoms with Crippen molar-refractivity contribution >= 4 is 23.3 Å². The molecule has 1 aromatic heterocycles. The number of carbonyl (C=O) groups is 2. The van der Waals surface area contributed by atoms with Crippen molar-refractivity contribution < 1.29 is 19.1 Å². The monoisotopic (exact) mass is 452 g/mol. The maximum Gasteiger partial charge on any atom is 0.322 e. The highest BCUT2D eigenvalue weighted by atomic mass is 19.1. The van der Waals surface area contributed by atoms with Crippen LogP contribution in [0.25, 0.3) is 4.85 Å². The quantitative estimate of drug-likeness (QED) is 0.553. The molecule has 172 valence electrons. The first kappa shape index (κ1) is 22.5. The van der Waals surface area contributed by atoms with Crippen molar-refractivity contribution in [2.24, 2.45) is 5.92 Å². The number of nitrogens with zero attached hydrogens (tertiary/aromatic N) is 5. The smallest absolute Gasteiger partial charge is 0.322 e. The number of benzene rings is 1. The number of aliphatic hydroxyl groups is 1. The van der Waals surface area contributed by atoms with E-state index in [1.54, 1.807) is 21.5 Å². The van der Waals surface area contributed by atoms with Gasteiger partial charge in [0.25, 0.3) is 5.91 Å². The van der Waals surface area contributed by atoms with E-state index in [1.165, 1.54) is 18.2 Å². The Kier molecular flexibility index (Phi) is 5.91. The fourth-order valence-electron chi connectivity index (χ4n) is 4.41. The van der Waals surface area contributed by atoms with Gasteiger partial charge in [0, 0.05) is 49.8 Å². The van der Waals surface area contributed by atoms with Crippen LogP contribution >= 0.6 is 0 Å². The van der Waals surface area contributed by atoms with E-state index in [4.69, 9.17) is 6.57 Å². The molecule has 0 aliphatic carbocycles. The lowest BCUT2D eigenvalue weighted by molar-refractivity contribution is 0.0724. The van der Waals surface area contributed by atoms with E-state index in [0.29, 0.717) is 36.5 Å². The molecule has 3 amide bonds. The minimum absolute atomic E-state index is 0.173. The van der Waals surface area contributed by atoms with Crippen molar-refractivity contribution in [3.8, 4) is 0 Å². The Hall–Kier alpha value is -3.71. The normalized spacial score (nSPS) is 20.9. The summed E-state index contributed by atoms with van der Waals surface area (Å²) in [6.45, 7) is 13.5. The van der Waals surface area contributed by atoms with E-state index in [9.17, 15) is 19.1 Å². The molecule has 0 bridgehead atoms. The molecule has 10 heteroatoms. The molecule has 9 nitrogen and oxygen atoms in total. The standard InChI is InChI=1S/C23H25FN6O3/c1-5-20(31)14-10-28(4)22(32)21-16-12-29(13(2)8-18(16)27-30(21)11-14)23(33)26-15-6-7-17(24)19(9-15)25-3/h5-7,9,13-14,20,31H,1,8,10-12H2,2,4H3,(H,26,33)/t13-,14+,20+/m1/s1. The number of hydrogen-bond donors (Lipinski definition) is 2. The number of rotatable bonds is 3. The number of nitrogens with one attached hydrogen (secondary N) is 1. The highest BCUT2D eigenvalue weighted by Crippen LogP contribution is 2.30. The summed E-state index contributed by atoms with van der Waals surface area (Å²) in [5.41, 5.74) is 2.02. The van der Waals surface area contributed by atoms with E-state index in [2.05, 4.69) is 21.8 Å². The van der Waals surface area contributed by atoms with Gasteiger partial charge in [-0.3, -0.25) is 9.48 Å². The third-order valence-electron chi connectivity index (χ3n) is 6.25. The van der Waals surface area contributed by atoms with Crippen molar-refractivity contribution in [1.82, 2.24) is 19.6 Å². The lowest BCUT2D eigenvalue weighted by Crippen LogP contribution is -2.45. The molecule has 3 heterocycles. The molecule has 0 spiro atoms. The molecule has 2 aliphatic heterocycles. The zero-order valence-corrected chi connectivity index (χ0v) is 18.5. The Morgan fingerprint density at radius 3 is 2.91 bits per heavy atom. The number of carbonyl (C=O) groups excluding carboxylic acids is 2. The van der Waals surface area contributed by atoms with Crippen LogP contribution in [0, 0.1) is 18.3 Å². The molecule has 4 rings (SSSR count). The Bertz CT molecular complexity index is 1170. The van der Waals surface area contributed by atoms with E-state index in [-0.39, 0.29) is 30.1 Å². The van der Waals surface area contributed by atoms with Crippen molar-refractivity contribution in [3.63, 3.8) is 0 Å². The van der Waals surface area contributed by atoms with Crippen LogP contribution in [0.4, 0.5) is 20.6 Å². The first-order chi connectivity index (χ1) is 15.7. The Labute approximate surface area is 190 Å². The highest BCUT2D eigenvalue weighted by molar-refractivity contribution is 5.95. The second-order valence-corrected chi connectivity index (χ2v) is 8.52. The number of amides is 3. The number of urea groups is 1. The van der Waals surface area contributed by atoms with Gasteiger partial charge in [0.2, 0.25) is 5.69 Å². The third kappa shape index (κ3) is 4.07. The van der Waals surface area contributed by atoms with Crippen LogP contribution in [-0.4, -0.2) is 62.4 Å². The highest BCUT2D eigenvalue weighted by Gasteiger charge is 2.37. The lowest BCUT2D eigenvalue weighted by atomic mass is 9.99. The van der Waals surface area contributed by atoms with Crippen LogP contribution in [0.2, 0.25) is 0 Å². The Morgan fingerprint density at radius 1 is 1.45 bits per heavy atom. The molecule has 0 saturated heterocycles. The van der Waals surface area contributed by atoms with Gasteiger partial charge in [0.1, 0.15) is 11.5 Å². The Morgan fingerprint density at radius 2 is 2.21 bits per heavy atom. The number of hydrogen-bond acceptors (Lipinski definition) is 4. The van der Waals surface area contributed by atoms with Gasteiger partial charge in [-0.15, -0.1) is 6.58 Å². The maximum absolute atomic E-state index is 13.6. The fourth-order valence-corrected chi connectivity index (χ4v) is 4.41. The maximum atomic E-state index is 13.6. The summed E-state index contributed by atoms with van der Waals surface area (Å²) >= 11 is 0. The summed E-state index contributed by atoms with van der Waals surface area (Å²) in [7, 11) is 1.68. The van der Waals surface area contributed by atoms with Crippen LogP contribution in [0.5, 0.6) is 0 Å². The van der Waals surface area contributed by atoms with Gasteiger partial charge >= 0.3 is 6.03 Å². The van der Waals surface area contributed by atoms with Gasteiger partial charge < -0.3 is 20.2 Å². The number of anilines is 1. The number of aromatic nitrogens is 2. The molecule has 3 atom stereocenters. The molecule has 0 fully saturated rings. The van der Waals surface area contributed by atoms with Crippen molar-refractivity contribution in [3.05, 3.63) is 65.0 Å². The molecule has 33 heavy (non-hydrogen) atoms. The first-order valence-electron chi connectivity index (χ1n) is 10.6. The number of halogens is 1. The van der Waals surface area contributed by atoms with E-state index in [1.807, 2.05) is 6.92 Å². The van der Waals surface area contributed by atoms with Crippen LogP contribution < -0.4 is 5.32 Å². The molecule has 2 N–H and O–H groups in total. The minimum Gasteiger partial charge on any atom is -0.389 e. The van der Waals surface area contributed by atoms with Gasteiger partial charge in [-0.1, -0.05) is 6.08 Å². The summed E-state index contributed by atoms with van der Waals surface area (Å²) in [4.78, 5) is 32.5. The minimum atomic E-state index is -0.773. The van der Waals surface area contributed by atoms with E-state index < -0.39 is 18.0 Å². The summed E-state index contributed by atoms with van der Waals surface area (Å²) in [5, 5.41) is 17.7. The summed E-state index contributed by atoms with van der Waals surface area (Å²) in [5.74, 6) is -1.10. The Balaban J connectivity index is 1.62. The molecular formula is C23H25FN6O3. The SMILES string of the molecule is [C-]#[N+]c1cc(NC(=O)N2Cc3c(nn4c3C(=O)N(C)C[C@H]([C@@H](O)C=C)C4)C[C@H]2C)ccc1F. The zero-order valence-electron chi connectivity index (χ0n) is 18.5. The predicted molar refractivity (Wildman–Crippen MR) is 119 cm³/mol. The van der Waals surface area contributed by atoms with Gasteiger partial charge in [0.15, 0.2) is 0 Å². The molecular weight excluding hydrogens is 427 g/mol. The van der Waals surface area contributed by atoms with Crippen molar-refractivity contribution in [2.75, 3.05) is 18.9 Å². The molecule has 0 radical (unpaired) electrons. The van der Waals surface area contributed by atoms with Gasteiger partial charge in [-0.05, 0) is 25.1 Å². The average molecular weight is 452 g/mol. The zero-order chi connectivity index (χ0) is 23.9. The predicted octanol–water partition coefficient (Wildman–Crippen LogP) is 2.80. The molecule has 0 unspecified atom stereocenters. The second-order valence-electron chi connectivity index (χ2n) is 8.52. The van der Waals surface area contributed by atoms with Crippen molar-refractivity contribution in [2.45, 2.75) is 38.6 Å². The van der Waals surface area contributed by atoms with Crippen molar-refractivity contribution in [1.29, 1.82) is 0 Å². The lowest BCUT2D eigenvalue weighted by Gasteiger charge is -2.33. The third-order valence-corrected chi connectivity index (χ3v) is 6.25. The van der Waals surface area contributed by atoms with Crippen LogP contribution in [0.3, 0.4) is 0 Å². The van der Waals surface area contributed by atoms with E-state index in [0.717, 1.165) is 11.8 Å². The van der Waals surface area contributed by atoms with Crippen LogP contribution in [-0.2, 0) is 19.5 Å². The molecule has 1 aromatic carbocycles. The first-order valence-corrected chi connectivity index (χ1v) is 10.6. The van der Waals surface area contributed by atoms with Gasteiger partial charge in [-0.2, -0.15) is 5.10 Å². The largest absolute Gasteiger partial charge is 0.389 e. The van der Waals surface area contributed by atoms with Gasteiger partial charge in [0.05, 0.1) is 24.9 Å². The van der Waals surface area contributed by atoms with Crippen LogP contribution in [0.15, 0.2) is 30.9 Å². The topological polar surface area (TPSA) is 95.1 Å². The van der Waals surface area contributed by atoms with E-state index >= 15 is 0 Å². The second kappa shape index (κ2) is 8.67. The summed E-state index contributed by atoms with van der Waals surface area (Å²) in [6.07, 6.45) is 1.15. The summed E-state index contributed by atoms with van der Waals surface area (Å²) < 4.78 is 15.3. The number of fused-ring (bicyclic) bond motifs is 3. The molecule has 2 aromatic rings. The molecule has 2 aliphatic rings. The number of aliphatic hydroxyl groups excluding tert-OH is 1. The molecule has 0 saturated carbocycles.